The molecule has 3 nitrogen and oxygen atoms in total. The molecule has 0 bridgehead atoms. The lowest BCUT2D eigenvalue weighted by Gasteiger charge is -2.10. The van der Waals surface area contributed by atoms with Gasteiger partial charge in [0.1, 0.15) is 5.82 Å². The molecule has 0 aliphatic carbocycles. The van der Waals surface area contributed by atoms with Gasteiger partial charge in [0.25, 0.3) is 0 Å². The highest BCUT2D eigenvalue weighted by atomic mass is 79.9. The molecule has 1 aromatic rings. The highest BCUT2D eigenvalue weighted by Gasteiger charge is 2.03. The lowest BCUT2D eigenvalue weighted by molar-refractivity contribution is 0.300. The Morgan fingerprint density at radius 2 is 2.19 bits per heavy atom. The van der Waals surface area contributed by atoms with E-state index in [1.54, 1.807) is 12.1 Å². The molecule has 6 heteroatoms. The van der Waals surface area contributed by atoms with E-state index in [4.69, 9.17) is 17.3 Å². The average molecular weight is 307 g/mol. The molecule has 0 atom stereocenters. The number of hydrogen-bond acceptors (Lipinski definition) is 2. The fraction of sp³-hybridized carbons (Fsp3) is 0.300. The molecule has 0 aliphatic rings. The summed E-state index contributed by atoms with van der Waals surface area (Å²) in [6.45, 7) is 0.697. The summed E-state index contributed by atoms with van der Waals surface area (Å²) in [6.07, 6.45) is 0. The number of halogens is 2. The van der Waals surface area contributed by atoms with Crippen LogP contribution >= 0.6 is 28.1 Å². The van der Waals surface area contributed by atoms with Gasteiger partial charge in [-0.25, -0.2) is 4.39 Å². The van der Waals surface area contributed by atoms with E-state index in [0.717, 1.165) is 4.47 Å². The fourth-order valence-corrected chi connectivity index (χ4v) is 1.67. The monoisotopic (exact) mass is 306 g/mol. The molecule has 1 rings (SSSR count). The molecule has 0 radical (unpaired) electrons. The van der Waals surface area contributed by atoms with Gasteiger partial charge in [-0.2, -0.15) is 0 Å². The molecule has 1 aromatic carbocycles. The molecule has 0 heterocycles. The highest BCUT2D eigenvalue weighted by Crippen LogP contribution is 2.15. The third-order valence-corrected chi connectivity index (χ3v) is 2.63. The SMILES string of the molecule is OCCNC(=S)NCc1cc(Br)ccc1F. The maximum atomic E-state index is 13.3. The predicted molar refractivity (Wildman–Crippen MR) is 68.6 cm³/mol. The first-order chi connectivity index (χ1) is 7.63. The molecule has 0 saturated heterocycles. The molecule has 0 aliphatic heterocycles. The summed E-state index contributed by atoms with van der Waals surface area (Å²) in [4.78, 5) is 0. The molecule has 0 spiro atoms. The van der Waals surface area contributed by atoms with Crippen molar-refractivity contribution in [1.29, 1.82) is 0 Å². The summed E-state index contributed by atoms with van der Waals surface area (Å²) in [6, 6.07) is 4.73. The van der Waals surface area contributed by atoms with E-state index >= 15 is 0 Å². The number of aliphatic hydroxyl groups excluding tert-OH is 1. The van der Waals surface area contributed by atoms with E-state index in [2.05, 4.69) is 26.6 Å². The van der Waals surface area contributed by atoms with Crippen LogP contribution in [0.3, 0.4) is 0 Å². The van der Waals surface area contributed by atoms with Crippen LogP contribution in [0.15, 0.2) is 22.7 Å². The molecule has 0 saturated carbocycles. The topological polar surface area (TPSA) is 44.3 Å². The molecular formula is C10H12BrFN2OS. The van der Waals surface area contributed by atoms with Crippen LogP contribution in [-0.2, 0) is 6.54 Å². The maximum Gasteiger partial charge on any atom is 0.166 e. The first kappa shape index (κ1) is 13.3. The van der Waals surface area contributed by atoms with Crippen LogP contribution < -0.4 is 10.6 Å². The first-order valence-corrected chi connectivity index (χ1v) is 5.90. The second kappa shape index (κ2) is 6.78. The van der Waals surface area contributed by atoms with Crippen molar-refractivity contribution in [2.45, 2.75) is 6.54 Å². The van der Waals surface area contributed by atoms with Gasteiger partial charge in [-0.15, -0.1) is 0 Å². The zero-order chi connectivity index (χ0) is 12.0. The van der Waals surface area contributed by atoms with Crippen molar-refractivity contribution in [3.8, 4) is 0 Å². The second-order valence-electron chi connectivity index (χ2n) is 3.07. The van der Waals surface area contributed by atoms with Crippen LogP contribution in [0.5, 0.6) is 0 Å². The van der Waals surface area contributed by atoms with Crippen molar-refractivity contribution in [3.05, 3.63) is 34.1 Å². The lowest BCUT2D eigenvalue weighted by Crippen LogP contribution is -2.36. The van der Waals surface area contributed by atoms with Gasteiger partial charge < -0.3 is 15.7 Å². The van der Waals surface area contributed by atoms with E-state index in [0.29, 0.717) is 23.8 Å². The quantitative estimate of drug-likeness (QED) is 0.739. The minimum absolute atomic E-state index is 0.00701. The van der Waals surface area contributed by atoms with Crippen molar-refractivity contribution in [1.82, 2.24) is 10.6 Å². The average Bonchev–Trinajstić information content (AvgIpc) is 2.27. The number of aliphatic hydroxyl groups is 1. The Hall–Kier alpha value is -0.720. The van der Waals surface area contributed by atoms with Crippen molar-refractivity contribution in [2.75, 3.05) is 13.2 Å². The Bertz CT molecular complexity index is 376. The van der Waals surface area contributed by atoms with Crippen LogP contribution in [0.4, 0.5) is 4.39 Å². The van der Waals surface area contributed by atoms with Crippen LogP contribution in [-0.4, -0.2) is 23.4 Å². The van der Waals surface area contributed by atoms with Gasteiger partial charge in [-0.3, -0.25) is 0 Å². The second-order valence-corrected chi connectivity index (χ2v) is 4.39. The summed E-state index contributed by atoms with van der Waals surface area (Å²) in [5, 5.41) is 14.6. The van der Waals surface area contributed by atoms with Gasteiger partial charge in [0.05, 0.1) is 6.61 Å². The van der Waals surface area contributed by atoms with Gasteiger partial charge in [0, 0.05) is 23.1 Å². The molecule has 88 valence electrons. The smallest absolute Gasteiger partial charge is 0.166 e. The Morgan fingerprint density at radius 1 is 1.44 bits per heavy atom. The van der Waals surface area contributed by atoms with Crippen LogP contribution in [0.1, 0.15) is 5.56 Å². The van der Waals surface area contributed by atoms with Crippen molar-refractivity contribution in [2.24, 2.45) is 0 Å². The maximum absolute atomic E-state index is 13.3. The molecule has 0 amide bonds. The Kier molecular flexibility index (Phi) is 5.65. The van der Waals surface area contributed by atoms with Gasteiger partial charge in [0.2, 0.25) is 0 Å². The van der Waals surface area contributed by atoms with Crippen LogP contribution in [0.2, 0.25) is 0 Å². The van der Waals surface area contributed by atoms with Gasteiger partial charge in [0.15, 0.2) is 5.11 Å². The largest absolute Gasteiger partial charge is 0.395 e. The molecular weight excluding hydrogens is 295 g/mol. The Balaban J connectivity index is 2.47. The van der Waals surface area contributed by atoms with Crippen LogP contribution in [0.25, 0.3) is 0 Å². The van der Waals surface area contributed by atoms with Crippen LogP contribution in [0, 0.1) is 5.82 Å². The summed E-state index contributed by atoms with van der Waals surface area (Å²) in [7, 11) is 0. The molecule has 0 unspecified atom stereocenters. The summed E-state index contributed by atoms with van der Waals surface area (Å²) in [5.41, 5.74) is 0.530. The van der Waals surface area contributed by atoms with Gasteiger partial charge in [-0.1, -0.05) is 15.9 Å². The number of hydrogen-bond donors (Lipinski definition) is 3. The van der Waals surface area contributed by atoms with Crippen molar-refractivity contribution < 1.29 is 9.50 Å². The Morgan fingerprint density at radius 3 is 2.88 bits per heavy atom. The molecule has 0 aromatic heterocycles. The van der Waals surface area contributed by atoms with E-state index in [-0.39, 0.29) is 12.4 Å². The van der Waals surface area contributed by atoms with E-state index in [1.165, 1.54) is 6.07 Å². The third-order valence-electron chi connectivity index (χ3n) is 1.84. The number of rotatable bonds is 4. The highest BCUT2D eigenvalue weighted by molar-refractivity contribution is 9.10. The standard InChI is InChI=1S/C10H12BrFN2OS/c11-8-1-2-9(12)7(5-8)6-14-10(16)13-3-4-15/h1-2,5,15H,3-4,6H2,(H2,13,14,16). The number of benzene rings is 1. The number of nitrogens with one attached hydrogen (secondary N) is 2. The first-order valence-electron chi connectivity index (χ1n) is 4.70. The summed E-state index contributed by atoms with van der Waals surface area (Å²) >= 11 is 8.20. The lowest BCUT2D eigenvalue weighted by atomic mass is 10.2. The molecule has 16 heavy (non-hydrogen) atoms. The van der Waals surface area contributed by atoms with E-state index < -0.39 is 0 Å². The van der Waals surface area contributed by atoms with Gasteiger partial charge >= 0.3 is 0 Å². The minimum atomic E-state index is -0.277. The minimum Gasteiger partial charge on any atom is -0.395 e. The number of thiocarbonyl (C=S) groups is 1. The molecule has 0 fully saturated rings. The normalized spacial score (nSPS) is 9.94. The fourth-order valence-electron chi connectivity index (χ4n) is 1.09. The van der Waals surface area contributed by atoms with Crippen molar-refractivity contribution in [3.63, 3.8) is 0 Å². The predicted octanol–water partition coefficient (Wildman–Crippen LogP) is 1.54. The van der Waals surface area contributed by atoms with E-state index in [9.17, 15) is 4.39 Å². The third kappa shape index (κ3) is 4.42. The van der Waals surface area contributed by atoms with E-state index in [1.807, 2.05) is 0 Å². The van der Waals surface area contributed by atoms with Crippen molar-refractivity contribution >= 4 is 33.3 Å². The zero-order valence-electron chi connectivity index (χ0n) is 8.46. The summed E-state index contributed by atoms with van der Waals surface area (Å²) in [5.74, 6) is -0.277. The van der Waals surface area contributed by atoms with Gasteiger partial charge in [-0.05, 0) is 30.4 Å². The summed E-state index contributed by atoms with van der Waals surface area (Å²) < 4.78 is 14.1. The Labute approximate surface area is 107 Å². The zero-order valence-corrected chi connectivity index (χ0v) is 10.9. The molecule has 3 N–H and O–H groups in total.